The molecule has 2 rings (SSSR count). The molecule has 106 valence electrons. The van der Waals surface area contributed by atoms with Crippen molar-refractivity contribution in [2.24, 2.45) is 5.92 Å². The number of ether oxygens (including phenoxy) is 2. The predicted molar refractivity (Wildman–Crippen MR) is 71.0 cm³/mol. The van der Waals surface area contributed by atoms with Crippen LogP contribution >= 0.6 is 12.4 Å². The monoisotopic (exact) mass is 278 g/mol. The molecule has 5 nitrogen and oxygen atoms in total. The highest BCUT2D eigenvalue weighted by molar-refractivity contribution is 5.85. The highest BCUT2D eigenvalue weighted by atomic mass is 35.5. The minimum Gasteiger partial charge on any atom is -0.376 e. The summed E-state index contributed by atoms with van der Waals surface area (Å²) in [5.74, 6) is 0.807. The fourth-order valence-corrected chi connectivity index (χ4v) is 2.27. The average molecular weight is 279 g/mol. The lowest BCUT2D eigenvalue weighted by Gasteiger charge is -2.23. The third-order valence-corrected chi connectivity index (χ3v) is 3.35. The van der Waals surface area contributed by atoms with E-state index in [0.29, 0.717) is 38.7 Å². The van der Waals surface area contributed by atoms with E-state index in [1.54, 1.807) is 0 Å². The van der Waals surface area contributed by atoms with Crippen molar-refractivity contribution in [3.8, 4) is 0 Å². The summed E-state index contributed by atoms with van der Waals surface area (Å²) in [5.41, 5.74) is 0. The van der Waals surface area contributed by atoms with Crippen molar-refractivity contribution in [1.29, 1.82) is 0 Å². The number of hydrogen-bond donors (Lipinski definition) is 2. The molecule has 0 aromatic heterocycles. The van der Waals surface area contributed by atoms with Gasteiger partial charge in [-0.1, -0.05) is 0 Å². The Hall–Kier alpha value is -0.360. The van der Waals surface area contributed by atoms with E-state index >= 15 is 0 Å². The summed E-state index contributed by atoms with van der Waals surface area (Å²) in [6.45, 7) is 4.62. The maximum absolute atomic E-state index is 11.6. The number of hydrogen-bond acceptors (Lipinski definition) is 4. The molecule has 0 aromatic carbocycles. The van der Waals surface area contributed by atoms with Crippen LogP contribution in [0, 0.1) is 5.92 Å². The van der Waals surface area contributed by atoms with Crippen LogP contribution in [0.25, 0.3) is 0 Å². The Bertz CT molecular complexity index is 241. The Balaban J connectivity index is 0.00000162. The quantitative estimate of drug-likeness (QED) is 0.761. The van der Waals surface area contributed by atoms with E-state index in [9.17, 15) is 4.79 Å². The van der Waals surface area contributed by atoms with Gasteiger partial charge in [0.25, 0.3) is 0 Å². The van der Waals surface area contributed by atoms with Crippen LogP contribution in [0.4, 0.5) is 0 Å². The Kier molecular flexibility index (Phi) is 7.58. The molecule has 2 aliphatic heterocycles. The highest BCUT2D eigenvalue weighted by Crippen LogP contribution is 2.13. The van der Waals surface area contributed by atoms with Gasteiger partial charge in [0.2, 0.25) is 5.91 Å². The first-order chi connectivity index (χ1) is 8.34. The highest BCUT2D eigenvalue weighted by Gasteiger charge is 2.17. The lowest BCUT2D eigenvalue weighted by atomic mass is 10.0. The van der Waals surface area contributed by atoms with Crippen LogP contribution in [0.15, 0.2) is 0 Å². The zero-order chi connectivity index (χ0) is 11.9. The number of rotatable bonds is 5. The molecule has 2 aliphatic rings. The van der Waals surface area contributed by atoms with Crippen LogP contribution in [0.2, 0.25) is 0 Å². The molecule has 18 heavy (non-hydrogen) atoms. The van der Waals surface area contributed by atoms with Crippen molar-refractivity contribution in [2.75, 3.05) is 39.5 Å². The van der Waals surface area contributed by atoms with Crippen LogP contribution in [-0.2, 0) is 14.3 Å². The van der Waals surface area contributed by atoms with Crippen LogP contribution in [0.5, 0.6) is 0 Å². The molecule has 0 spiro atoms. The molecule has 0 radical (unpaired) electrons. The minimum absolute atomic E-state index is 0. The van der Waals surface area contributed by atoms with E-state index in [0.717, 1.165) is 19.5 Å². The first-order valence-electron chi connectivity index (χ1n) is 6.51. The largest absolute Gasteiger partial charge is 0.376 e. The standard InChI is InChI=1S/C12H22N2O3.ClH/c15-12(2-1-10-3-4-13-7-10)14-8-11-9-16-5-6-17-11;/h10-11,13H,1-9H2,(H,14,15);1H. The van der Waals surface area contributed by atoms with Gasteiger partial charge < -0.3 is 20.1 Å². The topological polar surface area (TPSA) is 59.6 Å². The summed E-state index contributed by atoms with van der Waals surface area (Å²) in [4.78, 5) is 11.6. The smallest absolute Gasteiger partial charge is 0.220 e. The van der Waals surface area contributed by atoms with Crippen molar-refractivity contribution < 1.29 is 14.3 Å². The van der Waals surface area contributed by atoms with Gasteiger partial charge in [-0.25, -0.2) is 0 Å². The number of carbonyl (C=O) groups is 1. The molecule has 0 aromatic rings. The molecule has 0 saturated carbocycles. The summed E-state index contributed by atoms with van der Waals surface area (Å²) < 4.78 is 10.7. The van der Waals surface area contributed by atoms with E-state index in [1.807, 2.05) is 0 Å². The third kappa shape index (κ3) is 5.52. The molecule has 2 unspecified atom stereocenters. The van der Waals surface area contributed by atoms with E-state index in [1.165, 1.54) is 6.42 Å². The van der Waals surface area contributed by atoms with Gasteiger partial charge in [-0.3, -0.25) is 4.79 Å². The maximum Gasteiger partial charge on any atom is 0.220 e. The summed E-state index contributed by atoms with van der Waals surface area (Å²) in [6.07, 6.45) is 2.84. The maximum atomic E-state index is 11.6. The molecule has 2 fully saturated rings. The number of nitrogens with one attached hydrogen (secondary N) is 2. The van der Waals surface area contributed by atoms with E-state index < -0.39 is 0 Å². The third-order valence-electron chi connectivity index (χ3n) is 3.35. The van der Waals surface area contributed by atoms with Crippen LogP contribution in [0.1, 0.15) is 19.3 Å². The molecule has 2 N–H and O–H groups in total. The van der Waals surface area contributed by atoms with E-state index in [2.05, 4.69) is 10.6 Å². The molecule has 2 atom stereocenters. The first kappa shape index (κ1) is 15.7. The Morgan fingerprint density at radius 1 is 1.39 bits per heavy atom. The molecule has 6 heteroatoms. The Morgan fingerprint density at radius 2 is 2.28 bits per heavy atom. The summed E-state index contributed by atoms with van der Waals surface area (Å²) in [7, 11) is 0. The number of carbonyl (C=O) groups excluding carboxylic acids is 1. The molecule has 2 heterocycles. The van der Waals surface area contributed by atoms with Crippen molar-refractivity contribution in [1.82, 2.24) is 10.6 Å². The van der Waals surface area contributed by atoms with Crippen molar-refractivity contribution in [2.45, 2.75) is 25.4 Å². The summed E-state index contributed by atoms with van der Waals surface area (Å²) in [5, 5.41) is 6.22. The van der Waals surface area contributed by atoms with Crippen molar-refractivity contribution in [3.63, 3.8) is 0 Å². The summed E-state index contributed by atoms with van der Waals surface area (Å²) in [6, 6.07) is 0. The molecule has 1 amide bonds. The second-order valence-corrected chi connectivity index (χ2v) is 4.77. The van der Waals surface area contributed by atoms with Gasteiger partial charge in [-0.2, -0.15) is 0 Å². The van der Waals surface area contributed by atoms with Gasteiger partial charge in [-0.15, -0.1) is 12.4 Å². The van der Waals surface area contributed by atoms with Crippen LogP contribution < -0.4 is 10.6 Å². The first-order valence-corrected chi connectivity index (χ1v) is 6.51. The SMILES string of the molecule is Cl.O=C(CCC1CCNC1)NCC1COCCO1. The van der Waals surface area contributed by atoms with E-state index in [4.69, 9.17) is 9.47 Å². The Labute approximate surface area is 114 Å². The second kappa shape index (κ2) is 8.69. The molecule has 0 aliphatic carbocycles. The van der Waals surface area contributed by atoms with Crippen molar-refractivity contribution >= 4 is 18.3 Å². The fraction of sp³-hybridized carbons (Fsp3) is 0.917. The zero-order valence-electron chi connectivity index (χ0n) is 10.7. The van der Waals surface area contributed by atoms with Gasteiger partial charge in [0.05, 0.1) is 25.9 Å². The van der Waals surface area contributed by atoms with Crippen LogP contribution in [0.3, 0.4) is 0 Å². The van der Waals surface area contributed by atoms with E-state index in [-0.39, 0.29) is 24.4 Å². The van der Waals surface area contributed by atoms with Gasteiger partial charge in [0, 0.05) is 13.0 Å². The fourth-order valence-electron chi connectivity index (χ4n) is 2.27. The molecule has 2 saturated heterocycles. The molecular weight excluding hydrogens is 256 g/mol. The van der Waals surface area contributed by atoms with Crippen molar-refractivity contribution in [3.05, 3.63) is 0 Å². The number of amides is 1. The normalized spacial score (nSPS) is 27.6. The van der Waals surface area contributed by atoms with Crippen LogP contribution in [-0.4, -0.2) is 51.5 Å². The molecule has 0 bridgehead atoms. The lowest BCUT2D eigenvalue weighted by Crippen LogP contribution is -2.39. The molecular formula is C12H23ClN2O3. The number of halogens is 1. The Morgan fingerprint density at radius 3 is 2.94 bits per heavy atom. The average Bonchev–Trinajstić information content (AvgIpc) is 2.88. The zero-order valence-corrected chi connectivity index (χ0v) is 11.5. The van der Waals surface area contributed by atoms with Gasteiger partial charge >= 0.3 is 0 Å². The van der Waals surface area contributed by atoms with Gasteiger partial charge in [-0.05, 0) is 31.8 Å². The summed E-state index contributed by atoms with van der Waals surface area (Å²) >= 11 is 0. The lowest BCUT2D eigenvalue weighted by molar-refractivity contribution is -0.124. The minimum atomic E-state index is 0. The van der Waals surface area contributed by atoms with Gasteiger partial charge in [0.15, 0.2) is 0 Å². The predicted octanol–water partition coefficient (Wildman–Crippen LogP) is 0.330. The van der Waals surface area contributed by atoms with Gasteiger partial charge in [0.1, 0.15) is 0 Å². The second-order valence-electron chi connectivity index (χ2n) is 4.77.